The lowest BCUT2D eigenvalue weighted by molar-refractivity contribution is 0.111. The molecule has 2 aromatic carbocycles. The van der Waals surface area contributed by atoms with E-state index in [0.717, 1.165) is 5.56 Å². The summed E-state index contributed by atoms with van der Waals surface area (Å²) in [4.78, 5) is 11.0. The van der Waals surface area contributed by atoms with Gasteiger partial charge in [0.25, 0.3) is 0 Å². The number of benzene rings is 2. The minimum atomic E-state index is -0.0591. The summed E-state index contributed by atoms with van der Waals surface area (Å²) < 4.78 is 10.7. The minimum absolute atomic E-state index is 0.0591. The van der Waals surface area contributed by atoms with Crippen molar-refractivity contribution < 1.29 is 19.4 Å². The molecule has 0 aromatic heterocycles. The Hall–Kier alpha value is -2.49. The van der Waals surface area contributed by atoms with Crippen LogP contribution in [0, 0.1) is 0 Å². The molecule has 0 unspecified atom stereocenters. The third-order valence-corrected chi connectivity index (χ3v) is 2.68. The molecule has 0 aliphatic heterocycles. The van der Waals surface area contributed by atoms with Gasteiger partial charge in [0.15, 0.2) is 17.8 Å². The van der Waals surface area contributed by atoms with Crippen molar-refractivity contribution in [3.8, 4) is 17.2 Å². The Labute approximate surface area is 111 Å². The quantitative estimate of drug-likeness (QED) is 0.838. The largest absolute Gasteiger partial charge is 0.504 e. The van der Waals surface area contributed by atoms with E-state index in [9.17, 15) is 9.90 Å². The molecule has 0 bridgehead atoms. The number of ether oxygens (including phenoxy) is 2. The molecule has 0 aliphatic carbocycles. The van der Waals surface area contributed by atoms with Crippen molar-refractivity contribution in [3.63, 3.8) is 0 Å². The molecule has 4 heteroatoms. The zero-order chi connectivity index (χ0) is 13.7. The third kappa shape index (κ3) is 2.85. The average molecular weight is 258 g/mol. The second-order valence-corrected chi connectivity index (χ2v) is 3.93. The van der Waals surface area contributed by atoms with Crippen LogP contribution in [0.25, 0.3) is 0 Å². The number of methoxy groups -OCH3 is 1. The lowest BCUT2D eigenvalue weighted by Gasteiger charge is -2.13. The monoisotopic (exact) mass is 258 g/mol. The summed E-state index contributed by atoms with van der Waals surface area (Å²) in [6.45, 7) is 0.293. The fraction of sp³-hybridized carbons (Fsp3) is 0.133. The summed E-state index contributed by atoms with van der Waals surface area (Å²) in [5.74, 6) is 0.359. The van der Waals surface area contributed by atoms with Crippen LogP contribution in [0.3, 0.4) is 0 Å². The number of aromatic hydroxyl groups is 1. The maximum absolute atomic E-state index is 11.0. The van der Waals surface area contributed by atoms with Crippen molar-refractivity contribution in [2.45, 2.75) is 6.61 Å². The molecule has 0 saturated carbocycles. The molecule has 0 atom stereocenters. The number of hydrogen-bond donors (Lipinski definition) is 1. The number of carbonyl (C=O) groups excluding carboxylic acids is 1. The predicted octanol–water partition coefficient (Wildman–Crippen LogP) is 2.79. The Morgan fingerprint density at radius 2 is 1.84 bits per heavy atom. The van der Waals surface area contributed by atoms with Gasteiger partial charge in [0.1, 0.15) is 6.61 Å². The van der Waals surface area contributed by atoms with E-state index in [1.807, 2.05) is 30.3 Å². The van der Waals surface area contributed by atoms with E-state index in [2.05, 4.69) is 0 Å². The van der Waals surface area contributed by atoms with Gasteiger partial charge in [-0.15, -0.1) is 0 Å². The molecule has 0 fully saturated rings. The van der Waals surface area contributed by atoms with Crippen LogP contribution < -0.4 is 9.47 Å². The first-order valence-corrected chi connectivity index (χ1v) is 5.78. The lowest BCUT2D eigenvalue weighted by atomic mass is 10.2. The van der Waals surface area contributed by atoms with Crippen molar-refractivity contribution in [2.24, 2.45) is 0 Å². The number of phenolic OH excluding ortho intramolecular Hbond substituents is 1. The van der Waals surface area contributed by atoms with Crippen LogP contribution in [0.1, 0.15) is 15.9 Å². The van der Waals surface area contributed by atoms with E-state index in [-0.39, 0.29) is 17.2 Å². The Morgan fingerprint density at radius 1 is 1.11 bits per heavy atom. The fourth-order valence-corrected chi connectivity index (χ4v) is 1.74. The number of phenols is 1. The Morgan fingerprint density at radius 3 is 2.47 bits per heavy atom. The van der Waals surface area contributed by atoms with Crippen LogP contribution in [0.4, 0.5) is 0 Å². The number of rotatable bonds is 5. The van der Waals surface area contributed by atoms with E-state index in [1.165, 1.54) is 19.2 Å². The van der Waals surface area contributed by atoms with E-state index in [0.29, 0.717) is 18.5 Å². The highest BCUT2D eigenvalue weighted by molar-refractivity contribution is 5.82. The normalized spacial score (nSPS) is 9.95. The molecule has 4 nitrogen and oxygen atoms in total. The molecule has 0 saturated heterocycles. The first-order chi connectivity index (χ1) is 9.26. The Balaban J connectivity index is 2.28. The Kier molecular flexibility index (Phi) is 4.03. The van der Waals surface area contributed by atoms with Crippen LogP contribution >= 0.6 is 0 Å². The number of aldehydes is 1. The molecular formula is C15H14O4. The smallest absolute Gasteiger partial charge is 0.203 e. The van der Waals surface area contributed by atoms with Crippen molar-refractivity contribution in [3.05, 3.63) is 53.6 Å². The van der Waals surface area contributed by atoms with Crippen molar-refractivity contribution >= 4 is 6.29 Å². The molecule has 0 spiro atoms. The standard InChI is InChI=1S/C15H14O4/c1-18-15-13(17)8-7-12(9-16)14(15)19-10-11-5-3-2-4-6-11/h2-9,17H,10H2,1H3. The maximum atomic E-state index is 11.0. The first kappa shape index (κ1) is 13.0. The van der Waals surface area contributed by atoms with Gasteiger partial charge in [-0.25, -0.2) is 0 Å². The predicted molar refractivity (Wildman–Crippen MR) is 70.8 cm³/mol. The summed E-state index contributed by atoms with van der Waals surface area (Å²) in [7, 11) is 1.42. The molecular weight excluding hydrogens is 244 g/mol. The van der Waals surface area contributed by atoms with Gasteiger partial charge in [-0.05, 0) is 17.7 Å². The molecule has 19 heavy (non-hydrogen) atoms. The summed E-state index contributed by atoms with van der Waals surface area (Å²) in [5, 5.41) is 9.69. The third-order valence-electron chi connectivity index (χ3n) is 2.68. The topological polar surface area (TPSA) is 55.8 Å². The number of hydrogen-bond acceptors (Lipinski definition) is 4. The summed E-state index contributed by atoms with van der Waals surface area (Å²) in [6.07, 6.45) is 0.669. The second kappa shape index (κ2) is 5.91. The minimum Gasteiger partial charge on any atom is -0.504 e. The van der Waals surface area contributed by atoms with E-state index < -0.39 is 0 Å². The molecule has 0 heterocycles. The fourth-order valence-electron chi connectivity index (χ4n) is 1.74. The highest BCUT2D eigenvalue weighted by Crippen LogP contribution is 2.38. The van der Waals surface area contributed by atoms with Gasteiger partial charge < -0.3 is 14.6 Å². The molecule has 1 N–H and O–H groups in total. The van der Waals surface area contributed by atoms with Gasteiger partial charge in [-0.3, -0.25) is 4.79 Å². The van der Waals surface area contributed by atoms with E-state index in [1.54, 1.807) is 0 Å². The zero-order valence-corrected chi connectivity index (χ0v) is 10.5. The van der Waals surface area contributed by atoms with Crippen molar-refractivity contribution in [1.29, 1.82) is 0 Å². The van der Waals surface area contributed by atoms with Gasteiger partial charge in [0.05, 0.1) is 12.7 Å². The van der Waals surface area contributed by atoms with Crippen molar-refractivity contribution in [1.82, 2.24) is 0 Å². The zero-order valence-electron chi connectivity index (χ0n) is 10.5. The van der Waals surface area contributed by atoms with Gasteiger partial charge in [0.2, 0.25) is 5.75 Å². The van der Waals surface area contributed by atoms with E-state index >= 15 is 0 Å². The van der Waals surface area contributed by atoms with Crippen LogP contribution in [0.15, 0.2) is 42.5 Å². The van der Waals surface area contributed by atoms with E-state index in [4.69, 9.17) is 9.47 Å². The van der Waals surface area contributed by atoms with Crippen molar-refractivity contribution in [2.75, 3.05) is 7.11 Å². The highest BCUT2D eigenvalue weighted by Gasteiger charge is 2.15. The molecule has 2 rings (SSSR count). The van der Waals surface area contributed by atoms with Gasteiger partial charge in [-0.2, -0.15) is 0 Å². The molecule has 0 aliphatic rings. The maximum Gasteiger partial charge on any atom is 0.203 e. The molecule has 0 radical (unpaired) electrons. The summed E-state index contributed by atoms with van der Waals surface area (Å²) in [6, 6.07) is 12.4. The second-order valence-electron chi connectivity index (χ2n) is 3.93. The first-order valence-electron chi connectivity index (χ1n) is 5.78. The van der Waals surface area contributed by atoms with Crippen LogP contribution in [-0.4, -0.2) is 18.5 Å². The molecule has 2 aromatic rings. The molecule has 98 valence electrons. The van der Waals surface area contributed by atoms with Crippen LogP contribution in [0.5, 0.6) is 17.2 Å². The van der Waals surface area contributed by atoms with Gasteiger partial charge >= 0.3 is 0 Å². The van der Waals surface area contributed by atoms with Crippen LogP contribution in [-0.2, 0) is 6.61 Å². The Bertz CT molecular complexity index is 564. The summed E-state index contributed by atoms with van der Waals surface area (Å²) in [5.41, 5.74) is 1.30. The molecule has 0 amide bonds. The van der Waals surface area contributed by atoms with Gasteiger partial charge in [-0.1, -0.05) is 30.3 Å². The van der Waals surface area contributed by atoms with Crippen LogP contribution in [0.2, 0.25) is 0 Å². The SMILES string of the molecule is COc1c(O)ccc(C=O)c1OCc1ccccc1. The van der Waals surface area contributed by atoms with Gasteiger partial charge in [0, 0.05) is 0 Å². The highest BCUT2D eigenvalue weighted by atomic mass is 16.5. The average Bonchev–Trinajstić information content (AvgIpc) is 2.46. The number of carbonyl (C=O) groups is 1. The lowest BCUT2D eigenvalue weighted by Crippen LogP contribution is -2.00. The summed E-state index contributed by atoms with van der Waals surface area (Å²) >= 11 is 0.